The van der Waals surface area contributed by atoms with Crippen LogP contribution >= 0.6 is 23.2 Å². The van der Waals surface area contributed by atoms with E-state index in [1.165, 1.54) is 6.26 Å². The molecule has 0 fully saturated rings. The van der Waals surface area contributed by atoms with Gasteiger partial charge >= 0.3 is 0 Å². The van der Waals surface area contributed by atoms with E-state index in [2.05, 4.69) is 4.98 Å². The lowest BCUT2D eigenvalue weighted by Gasteiger charge is -2.11. The van der Waals surface area contributed by atoms with Crippen molar-refractivity contribution in [3.8, 4) is 16.8 Å². The summed E-state index contributed by atoms with van der Waals surface area (Å²) in [6, 6.07) is 20.3. The second kappa shape index (κ2) is 8.26. The maximum Gasteiger partial charge on any atom is 0.175 e. The highest BCUT2D eigenvalue weighted by molar-refractivity contribution is 7.90. The van der Waals surface area contributed by atoms with E-state index in [-0.39, 0.29) is 0 Å². The summed E-state index contributed by atoms with van der Waals surface area (Å²) >= 11 is 12.6. The number of hydrogen-bond donors (Lipinski definition) is 0. The Labute approximate surface area is 185 Å². The summed E-state index contributed by atoms with van der Waals surface area (Å²) in [6.07, 6.45) is 5.34. The Balaban J connectivity index is 1.64. The van der Waals surface area contributed by atoms with Gasteiger partial charge in [-0.3, -0.25) is 0 Å². The molecule has 0 unspecified atom stereocenters. The Bertz CT molecular complexity index is 1290. The van der Waals surface area contributed by atoms with Crippen molar-refractivity contribution in [1.82, 2.24) is 9.55 Å². The third-order valence-electron chi connectivity index (χ3n) is 4.85. The van der Waals surface area contributed by atoms with E-state index >= 15 is 0 Å². The number of benzene rings is 3. The van der Waals surface area contributed by atoms with Gasteiger partial charge in [0.2, 0.25) is 0 Å². The predicted molar refractivity (Wildman–Crippen MR) is 121 cm³/mol. The molecule has 0 radical (unpaired) electrons. The molecule has 30 heavy (non-hydrogen) atoms. The van der Waals surface area contributed by atoms with Crippen molar-refractivity contribution in [2.24, 2.45) is 0 Å². The molecule has 4 nitrogen and oxygen atoms in total. The van der Waals surface area contributed by atoms with Crippen molar-refractivity contribution in [3.63, 3.8) is 0 Å². The van der Waals surface area contributed by atoms with Crippen LogP contribution in [0.15, 0.2) is 84.0 Å². The molecule has 0 saturated heterocycles. The maximum absolute atomic E-state index is 11.8. The molecular weight excluding hydrogens is 439 g/mol. The van der Waals surface area contributed by atoms with Crippen LogP contribution in [0, 0.1) is 0 Å². The summed E-state index contributed by atoms with van der Waals surface area (Å²) in [7, 11) is -3.25. The van der Waals surface area contributed by atoms with Crippen LogP contribution in [0.25, 0.3) is 16.8 Å². The first-order valence-electron chi connectivity index (χ1n) is 9.19. The van der Waals surface area contributed by atoms with Gasteiger partial charge in [-0.05, 0) is 53.1 Å². The van der Waals surface area contributed by atoms with Crippen LogP contribution in [0.2, 0.25) is 10.0 Å². The predicted octanol–water partition coefficient (Wildman–Crippen LogP) is 5.84. The molecule has 0 atom stereocenters. The fraction of sp³-hybridized carbons (Fsp3) is 0.0870. The highest BCUT2D eigenvalue weighted by Gasteiger charge is 2.12. The monoisotopic (exact) mass is 456 g/mol. The minimum absolute atomic E-state index is 0.303. The van der Waals surface area contributed by atoms with Crippen molar-refractivity contribution in [1.29, 1.82) is 0 Å². The minimum Gasteiger partial charge on any atom is -0.303 e. The Kier molecular flexibility index (Phi) is 5.69. The van der Waals surface area contributed by atoms with Gasteiger partial charge in [0.25, 0.3) is 0 Å². The Morgan fingerprint density at radius 1 is 0.900 bits per heavy atom. The number of sulfone groups is 1. The van der Waals surface area contributed by atoms with Crippen LogP contribution in [0.3, 0.4) is 0 Å². The molecule has 0 spiro atoms. The van der Waals surface area contributed by atoms with E-state index in [9.17, 15) is 8.42 Å². The zero-order valence-electron chi connectivity index (χ0n) is 16.1. The number of halogens is 2. The maximum atomic E-state index is 11.8. The fourth-order valence-electron chi connectivity index (χ4n) is 3.28. The second-order valence-electron chi connectivity index (χ2n) is 6.94. The SMILES string of the molecule is CS(=O)(=O)c1cccc(-c2ccc(-n3ccnc3Cc3c(Cl)cccc3Cl)cc2)c1. The third-order valence-corrected chi connectivity index (χ3v) is 6.67. The first-order valence-corrected chi connectivity index (χ1v) is 11.8. The summed E-state index contributed by atoms with van der Waals surface area (Å²) in [5.74, 6) is 0.817. The molecular formula is C23H18Cl2N2O2S. The van der Waals surface area contributed by atoms with Gasteiger partial charge < -0.3 is 4.57 Å². The molecule has 0 amide bonds. The molecule has 0 bridgehead atoms. The van der Waals surface area contributed by atoms with Gasteiger partial charge in [-0.25, -0.2) is 13.4 Å². The molecule has 0 N–H and O–H groups in total. The van der Waals surface area contributed by atoms with E-state index in [4.69, 9.17) is 23.2 Å². The number of aromatic nitrogens is 2. The van der Waals surface area contributed by atoms with Crippen LogP contribution in [-0.2, 0) is 16.3 Å². The van der Waals surface area contributed by atoms with Crippen molar-refractivity contribution in [2.75, 3.05) is 6.26 Å². The molecule has 1 aromatic heterocycles. The van der Waals surface area contributed by atoms with Gasteiger partial charge in [0.05, 0.1) is 4.90 Å². The van der Waals surface area contributed by atoms with Crippen LogP contribution in [0.5, 0.6) is 0 Å². The highest BCUT2D eigenvalue weighted by Crippen LogP contribution is 2.28. The minimum atomic E-state index is -3.25. The molecule has 3 aromatic carbocycles. The van der Waals surface area contributed by atoms with Gasteiger partial charge in [0.15, 0.2) is 9.84 Å². The van der Waals surface area contributed by atoms with Gasteiger partial charge in [0, 0.05) is 40.8 Å². The lowest BCUT2D eigenvalue weighted by molar-refractivity contribution is 0.602. The lowest BCUT2D eigenvalue weighted by atomic mass is 10.1. The molecule has 7 heteroatoms. The van der Waals surface area contributed by atoms with Crippen molar-refractivity contribution < 1.29 is 8.42 Å². The van der Waals surface area contributed by atoms with Gasteiger partial charge in [0.1, 0.15) is 5.82 Å². The standard InChI is InChI=1S/C23H18Cl2N2O2S/c1-30(28,29)19-5-2-4-17(14-19)16-8-10-18(11-9-16)27-13-12-26-23(27)15-20-21(24)6-3-7-22(20)25/h2-14H,15H2,1H3. The molecule has 4 rings (SSSR count). The van der Waals surface area contributed by atoms with Crippen molar-refractivity contribution in [2.45, 2.75) is 11.3 Å². The fourth-order valence-corrected chi connectivity index (χ4v) is 4.48. The largest absolute Gasteiger partial charge is 0.303 e. The summed E-state index contributed by atoms with van der Waals surface area (Å²) in [4.78, 5) is 4.77. The molecule has 152 valence electrons. The van der Waals surface area contributed by atoms with Crippen molar-refractivity contribution in [3.05, 3.63) is 101 Å². The topological polar surface area (TPSA) is 52.0 Å². The number of hydrogen-bond acceptors (Lipinski definition) is 3. The normalized spacial score (nSPS) is 11.6. The molecule has 1 heterocycles. The van der Waals surface area contributed by atoms with Gasteiger partial charge in [-0.2, -0.15) is 0 Å². The quantitative estimate of drug-likeness (QED) is 0.378. The zero-order valence-corrected chi connectivity index (χ0v) is 18.4. The molecule has 0 aliphatic carbocycles. The first-order chi connectivity index (χ1) is 14.3. The number of rotatable bonds is 5. The van der Waals surface area contributed by atoms with E-state index < -0.39 is 9.84 Å². The van der Waals surface area contributed by atoms with Gasteiger partial charge in [-0.1, -0.05) is 53.5 Å². The zero-order chi connectivity index (χ0) is 21.3. The first kappa shape index (κ1) is 20.7. The number of imidazole rings is 1. The smallest absolute Gasteiger partial charge is 0.175 e. The van der Waals surface area contributed by atoms with Crippen molar-refractivity contribution >= 4 is 33.0 Å². The Hall–Kier alpha value is -2.60. The molecule has 0 aliphatic rings. The van der Waals surface area contributed by atoms with E-state index in [1.807, 2.05) is 59.3 Å². The lowest BCUT2D eigenvalue weighted by Crippen LogP contribution is -2.02. The van der Waals surface area contributed by atoms with Gasteiger partial charge in [-0.15, -0.1) is 0 Å². The average molecular weight is 457 g/mol. The molecule has 4 aromatic rings. The summed E-state index contributed by atoms with van der Waals surface area (Å²) < 4.78 is 25.6. The molecule has 0 saturated carbocycles. The Morgan fingerprint density at radius 2 is 1.57 bits per heavy atom. The van der Waals surface area contributed by atoms with E-state index in [0.29, 0.717) is 21.4 Å². The van der Waals surface area contributed by atoms with Crippen LogP contribution in [0.4, 0.5) is 0 Å². The summed E-state index contributed by atoms with van der Waals surface area (Å²) in [5, 5.41) is 1.22. The van der Waals surface area contributed by atoms with E-state index in [0.717, 1.165) is 28.2 Å². The Morgan fingerprint density at radius 3 is 2.23 bits per heavy atom. The van der Waals surface area contributed by atoms with Crippen LogP contribution < -0.4 is 0 Å². The average Bonchev–Trinajstić information content (AvgIpc) is 3.19. The van der Waals surface area contributed by atoms with Crippen LogP contribution in [-0.4, -0.2) is 24.2 Å². The van der Waals surface area contributed by atoms with E-state index in [1.54, 1.807) is 24.4 Å². The summed E-state index contributed by atoms with van der Waals surface area (Å²) in [5.41, 5.74) is 3.55. The third kappa shape index (κ3) is 4.29. The van der Waals surface area contributed by atoms with Crippen LogP contribution in [0.1, 0.15) is 11.4 Å². The second-order valence-corrected chi connectivity index (χ2v) is 9.77. The summed E-state index contributed by atoms with van der Waals surface area (Å²) in [6.45, 7) is 0. The number of nitrogens with zero attached hydrogens (tertiary/aromatic N) is 2. The molecule has 0 aliphatic heterocycles. The highest BCUT2D eigenvalue weighted by atomic mass is 35.5.